The third-order valence-electron chi connectivity index (χ3n) is 0.766. The number of amides is 1. The van der Waals surface area contributed by atoms with Gasteiger partial charge in [-0.1, -0.05) is 20.8 Å². The molecule has 1 amide bonds. The predicted molar refractivity (Wildman–Crippen MR) is 47.9 cm³/mol. The second-order valence-corrected chi connectivity index (χ2v) is 2.82. The van der Waals surface area contributed by atoms with Crippen LogP contribution in [0.25, 0.3) is 0 Å². The first-order valence-electron chi connectivity index (χ1n) is 3.55. The SMILES string of the molecule is CC.CCSN(C)C(C)=O. The van der Waals surface area contributed by atoms with Gasteiger partial charge in [0, 0.05) is 19.7 Å². The van der Waals surface area contributed by atoms with E-state index in [-0.39, 0.29) is 5.91 Å². The molecule has 0 unspecified atom stereocenters. The van der Waals surface area contributed by atoms with Crippen molar-refractivity contribution in [3.8, 4) is 0 Å². The lowest BCUT2D eigenvalue weighted by atomic mass is 10.7. The zero-order valence-electron chi connectivity index (χ0n) is 7.47. The molecule has 0 saturated carbocycles. The van der Waals surface area contributed by atoms with Crippen LogP contribution in [-0.2, 0) is 4.79 Å². The highest BCUT2D eigenvalue weighted by atomic mass is 32.2. The van der Waals surface area contributed by atoms with Crippen LogP contribution < -0.4 is 0 Å². The van der Waals surface area contributed by atoms with Gasteiger partial charge in [-0.15, -0.1) is 0 Å². The Kier molecular flexibility index (Phi) is 11.0. The number of rotatable bonds is 2. The molecule has 0 N–H and O–H groups in total. The van der Waals surface area contributed by atoms with Gasteiger partial charge in [0.15, 0.2) is 0 Å². The van der Waals surface area contributed by atoms with Crippen molar-refractivity contribution in [2.45, 2.75) is 27.7 Å². The molecule has 0 spiro atoms. The zero-order chi connectivity index (χ0) is 8.57. The monoisotopic (exact) mass is 163 g/mol. The van der Waals surface area contributed by atoms with Crippen LogP contribution in [0.1, 0.15) is 27.7 Å². The summed E-state index contributed by atoms with van der Waals surface area (Å²) in [6.07, 6.45) is 0. The van der Waals surface area contributed by atoms with Crippen LogP contribution in [0.4, 0.5) is 0 Å². The standard InChI is InChI=1S/C5H11NOS.C2H6/c1-4-8-6(3)5(2)7;1-2/h4H2,1-3H3;1-2H3. The smallest absolute Gasteiger partial charge is 0.229 e. The van der Waals surface area contributed by atoms with Gasteiger partial charge in [0.1, 0.15) is 0 Å². The molecule has 62 valence electrons. The molecule has 0 rings (SSSR count). The minimum absolute atomic E-state index is 0.108. The molecule has 0 fully saturated rings. The van der Waals surface area contributed by atoms with Crippen molar-refractivity contribution in [3.63, 3.8) is 0 Å². The lowest BCUT2D eigenvalue weighted by Crippen LogP contribution is -2.15. The summed E-state index contributed by atoms with van der Waals surface area (Å²) in [4.78, 5) is 10.4. The van der Waals surface area contributed by atoms with E-state index in [1.807, 2.05) is 20.8 Å². The number of hydrogen-bond acceptors (Lipinski definition) is 2. The van der Waals surface area contributed by atoms with E-state index in [2.05, 4.69) is 0 Å². The lowest BCUT2D eigenvalue weighted by Gasteiger charge is -2.09. The van der Waals surface area contributed by atoms with E-state index in [1.165, 1.54) is 11.9 Å². The molecule has 0 radical (unpaired) electrons. The largest absolute Gasteiger partial charge is 0.290 e. The van der Waals surface area contributed by atoms with Gasteiger partial charge >= 0.3 is 0 Å². The van der Waals surface area contributed by atoms with Gasteiger partial charge in [0.2, 0.25) is 5.91 Å². The van der Waals surface area contributed by atoms with Gasteiger partial charge in [-0.3, -0.25) is 9.10 Å². The Morgan fingerprint density at radius 1 is 1.50 bits per heavy atom. The maximum Gasteiger partial charge on any atom is 0.229 e. The fourth-order valence-corrected chi connectivity index (χ4v) is 0.854. The quantitative estimate of drug-likeness (QED) is 0.581. The molecule has 0 atom stereocenters. The van der Waals surface area contributed by atoms with Crippen LogP contribution in [0.15, 0.2) is 0 Å². The molecular weight excluding hydrogens is 146 g/mol. The minimum atomic E-state index is 0.108. The molecule has 0 saturated heterocycles. The average molecular weight is 163 g/mol. The van der Waals surface area contributed by atoms with Gasteiger partial charge in [-0.2, -0.15) is 0 Å². The highest BCUT2D eigenvalue weighted by Gasteiger charge is 1.97. The zero-order valence-corrected chi connectivity index (χ0v) is 8.29. The van der Waals surface area contributed by atoms with Crippen molar-refractivity contribution in [2.75, 3.05) is 12.8 Å². The van der Waals surface area contributed by atoms with Crippen molar-refractivity contribution in [1.29, 1.82) is 0 Å². The number of hydrogen-bond donors (Lipinski definition) is 0. The van der Waals surface area contributed by atoms with Gasteiger partial charge < -0.3 is 0 Å². The highest BCUT2D eigenvalue weighted by Crippen LogP contribution is 2.03. The average Bonchev–Trinajstić information content (AvgIpc) is 1.93. The third-order valence-corrected chi connectivity index (χ3v) is 1.67. The summed E-state index contributed by atoms with van der Waals surface area (Å²) in [7, 11) is 1.77. The summed E-state index contributed by atoms with van der Waals surface area (Å²) in [6, 6.07) is 0. The first kappa shape index (κ1) is 12.5. The maximum atomic E-state index is 10.4. The molecule has 0 bridgehead atoms. The number of carbonyl (C=O) groups excluding carboxylic acids is 1. The molecule has 10 heavy (non-hydrogen) atoms. The van der Waals surface area contributed by atoms with Crippen LogP contribution in [0.3, 0.4) is 0 Å². The summed E-state index contributed by atoms with van der Waals surface area (Å²) < 4.78 is 1.62. The third kappa shape index (κ3) is 7.82. The molecule has 0 aromatic rings. The first-order valence-corrected chi connectivity index (χ1v) is 4.50. The highest BCUT2D eigenvalue weighted by molar-refractivity contribution is 7.97. The summed E-state index contributed by atoms with van der Waals surface area (Å²) in [5.41, 5.74) is 0. The molecule has 0 aliphatic carbocycles. The molecule has 3 heteroatoms. The second-order valence-electron chi connectivity index (χ2n) is 1.43. The second kappa shape index (κ2) is 8.82. The van der Waals surface area contributed by atoms with Gasteiger partial charge in [-0.05, 0) is 11.9 Å². The van der Waals surface area contributed by atoms with E-state index in [9.17, 15) is 4.79 Å². The van der Waals surface area contributed by atoms with Gasteiger partial charge in [-0.25, -0.2) is 0 Å². The van der Waals surface area contributed by atoms with E-state index >= 15 is 0 Å². The van der Waals surface area contributed by atoms with Crippen molar-refractivity contribution < 1.29 is 4.79 Å². The normalized spacial score (nSPS) is 7.70. The van der Waals surface area contributed by atoms with E-state index < -0.39 is 0 Å². The van der Waals surface area contributed by atoms with Crippen LogP contribution >= 0.6 is 11.9 Å². The Morgan fingerprint density at radius 2 is 1.90 bits per heavy atom. The van der Waals surface area contributed by atoms with E-state index in [4.69, 9.17) is 0 Å². The molecular formula is C7H17NOS. The first-order chi connectivity index (χ1) is 4.68. The van der Waals surface area contributed by atoms with E-state index in [0.29, 0.717) is 0 Å². The van der Waals surface area contributed by atoms with Crippen molar-refractivity contribution in [2.24, 2.45) is 0 Å². The summed E-state index contributed by atoms with van der Waals surface area (Å²) in [5, 5.41) is 0. The Bertz CT molecular complexity index is 85.7. The molecule has 0 heterocycles. The summed E-state index contributed by atoms with van der Waals surface area (Å²) in [6.45, 7) is 7.58. The summed E-state index contributed by atoms with van der Waals surface area (Å²) >= 11 is 1.52. The van der Waals surface area contributed by atoms with Crippen LogP contribution in [0, 0.1) is 0 Å². The lowest BCUT2D eigenvalue weighted by molar-refractivity contribution is -0.123. The Balaban J connectivity index is 0. The summed E-state index contributed by atoms with van der Waals surface area (Å²) in [5.74, 6) is 1.06. The van der Waals surface area contributed by atoms with Crippen molar-refractivity contribution in [1.82, 2.24) is 4.31 Å². The van der Waals surface area contributed by atoms with Crippen molar-refractivity contribution >= 4 is 17.9 Å². The van der Waals surface area contributed by atoms with Gasteiger partial charge in [0.25, 0.3) is 0 Å². The molecule has 0 aromatic heterocycles. The molecule has 0 aromatic carbocycles. The Morgan fingerprint density at radius 3 is 2.00 bits per heavy atom. The van der Waals surface area contributed by atoms with Crippen molar-refractivity contribution in [3.05, 3.63) is 0 Å². The fraction of sp³-hybridized carbons (Fsp3) is 0.857. The van der Waals surface area contributed by atoms with Crippen LogP contribution in [0.2, 0.25) is 0 Å². The van der Waals surface area contributed by atoms with Crippen LogP contribution in [-0.4, -0.2) is 23.0 Å². The Labute approximate surface area is 68.1 Å². The van der Waals surface area contributed by atoms with Crippen LogP contribution in [0.5, 0.6) is 0 Å². The van der Waals surface area contributed by atoms with Gasteiger partial charge in [0.05, 0.1) is 0 Å². The number of carbonyl (C=O) groups is 1. The predicted octanol–water partition coefficient (Wildman–Crippen LogP) is 2.16. The maximum absolute atomic E-state index is 10.4. The Hall–Kier alpha value is -0.180. The fourth-order valence-electron chi connectivity index (χ4n) is 0.285. The molecule has 0 aliphatic heterocycles. The molecule has 2 nitrogen and oxygen atoms in total. The number of nitrogens with zero attached hydrogens (tertiary/aromatic N) is 1. The molecule has 0 aliphatic rings. The topological polar surface area (TPSA) is 20.3 Å². The minimum Gasteiger partial charge on any atom is -0.290 e. The van der Waals surface area contributed by atoms with E-state index in [0.717, 1.165) is 5.75 Å². The van der Waals surface area contributed by atoms with E-state index in [1.54, 1.807) is 18.3 Å².